The number of benzene rings is 2. The molecule has 1 heterocycles. The average molecular weight is 361 g/mol. The number of piperazine rings is 1. The minimum absolute atomic E-state index is 0.220. The molecule has 0 unspecified atom stereocenters. The van der Waals surface area contributed by atoms with Gasteiger partial charge < -0.3 is 15.3 Å². The number of phenolic OH excluding ortho intramolecular Hbond substituents is 1. The van der Waals surface area contributed by atoms with Crippen molar-refractivity contribution in [2.24, 2.45) is 0 Å². The second kappa shape index (κ2) is 7.70. The van der Waals surface area contributed by atoms with Crippen molar-refractivity contribution < 1.29 is 18.7 Å². The molecule has 7 heteroatoms. The predicted octanol–water partition coefficient (Wildman–Crippen LogP) is 2.82. The van der Waals surface area contributed by atoms with Gasteiger partial charge in [0.25, 0.3) is 0 Å². The molecule has 1 saturated heterocycles. The lowest BCUT2D eigenvalue weighted by Gasteiger charge is -2.38. The number of carbonyl (C=O) groups is 1. The molecule has 1 atom stereocenters. The van der Waals surface area contributed by atoms with Crippen LogP contribution in [0.5, 0.6) is 5.75 Å². The number of nitrogens with one attached hydrogen (secondary N) is 1. The summed E-state index contributed by atoms with van der Waals surface area (Å²) in [5.41, 5.74) is 0.597. The lowest BCUT2D eigenvalue weighted by Crippen LogP contribution is -2.52. The molecular weight excluding hydrogens is 340 g/mol. The molecule has 2 aromatic carbocycles. The number of halogens is 2. The Kier molecular flexibility index (Phi) is 5.37. The van der Waals surface area contributed by atoms with Gasteiger partial charge in [-0.2, -0.15) is 0 Å². The number of hydrogen-bond donors (Lipinski definition) is 2. The first kappa shape index (κ1) is 18.1. The molecule has 0 aromatic heterocycles. The Bertz CT molecular complexity index is 755. The zero-order valence-corrected chi connectivity index (χ0v) is 14.5. The zero-order chi connectivity index (χ0) is 18.7. The molecule has 5 nitrogen and oxygen atoms in total. The average Bonchev–Trinajstić information content (AvgIpc) is 2.65. The standard InChI is InChI=1S/C19H21F2N3O2/c1-13(19(26)22-18-16(20)3-2-4-17(18)21)23-9-11-24(12-10-23)14-5-7-15(25)8-6-14/h2-8,13,25H,9-12H2,1H3,(H,22,26)/t13-/m1/s1. The van der Waals surface area contributed by atoms with E-state index in [-0.39, 0.29) is 5.75 Å². The highest BCUT2D eigenvalue weighted by Gasteiger charge is 2.26. The van der Waals surface area contributed by atoms with Crippen molar-refractivity contribution in [2.45, 2.75) is 13.0 Å². The molecule has 1 fully saturated rings. The van der Waals surface area contributed by atoms with Crippen molar-refractivity contribution in [3.8, 4) is 5.75 Å². The summed E-state index contributed by atoms with van der Waals surface area (Å²) in [6.45, 7) is 4.46. The molecule has 2 N–H and O–H groups in total. The zero-order valence-electron chi connectivity index (χ0n) is 14.5. The first-order valence-electron chi connectivity index (χ1n) is 8.48. The molecule has 1 aliphatic rings. The Morgan fingerprint density at radius 3 is 2.19 bits per heavy atom. The summed E-state index contributed by atoms with van der Waals surface area (Å²) in [6.07, 6.45) is 0. The molecule has 3 rings (SSSR count). The smallest absolute Gasteiger partial charge is 0.241 e. The van der Waals surface area contributed by atoms with E-state index >= 15 is 0 Å². The Morgan fingerprint density at radius 1 is 1.04 bits per heavy atom. The Hall–Kier alpha value is -2.67. The molecule has 138 valence electrons. The minimum Gasteiger partial charge on any atom is -0.508 e. The van der Waals surface area contributed by atoms with Crippen LogP contribution in [0.3, 0.4) is 0 Å². The number of nitrogens with zero attached hydrogens (tertiary/aromatic N) is 2. The molecule has 0 spiro atoms. The van der Waals surface area contributed by atoms with Gasteiger partial charge in [0.1, 0.15) is 23.1 Å². The first-order chi connectivity index (χ1) is 12.5. The topological polar surface area (TPSA) is 55.8 Å². The van der Waals surface area contributed by atoms with Crippen molar-refractivity contribution in [1.29, 1.82) is 0 Å². The third kappa shape index (κ3) is 3.94. The SMILES string of the molecule is C[C@H](C(=O)Nc1c(F)cccc1F)N1CCN(c2ccc(O)cc2)CC1. The van der Waals surface area contributed by atoms with Gasteiger partial charge in [-0.15, -0.1) is 0 Å². The molecule has 26 heavy (non-hydrogen) atoms. The van der Waals surface area contributed by atoms with E-state index in [1.54, 1.807) is 19.1 Å². The highest BCUT2D eigenvalue weighted by atomic mass is 19.1. The largest absolute Gasteiger partial charge is 0.508 e. The van der Waals surface area contributed by atoms with Crippen LogP contribution < -0.4 is 10.2 Å². The number of rotatable bonds is 4. The van der Waals surface area contributed by atoms with Gasteiger partial charge in [0.05, 0.1) is 6.04 Å². The maximum Gasteiger partial charge on any atom is 0.241 e. The van der Waals surface area contributed by atoms with Crippen LogP contribution in [0.4, 0.5) is 20.2 Å². The van der Waals surface area contributed by atoms with Gasteiger partial charge in [-0.1, -0.05) is 6.07 Å². The van der Waals surface area contributed by atoms with Crippen LogP contribution in [0.15, 0.2) is 42.5 Å². The number of anilines is 2. The first-order valence-corrected chi connectivity index (χ1v) is 8.48. The van der Waals surface area contributed by atoms with Gasteiger partial charge >= 0.3 is 0 Å². The molecular formula is C19H21F2N3O2. The van der Waals surface area contributed by atoms with Crippen molar-refractivity contribution in [1.82, 2.24) is 4.90 Å². The van der Waals surface area contributed by atoms with Crippen LogP contribution >= 0.6 is 0 Å². The maximum atomic E-state index is 13.7. The van der Waals surface area contributed by atoms with Crippen molar-refractivity contribution >= 4 is 17.3 Å². The monoisotopic (exact) mass is 361 g/mol. The maximum absolute atomic E-state index is 13.7. The van der Waals surface area contributed by atoms with E-state index in [2.05, 4.69) is 10.2 Å². The van der Waals surface area contributed by atoms with E-state index in [4.69, 9.17) is 0 Å². The fraction of sp³-hybridized carbons (Fsp3) is 0.316. The van der Waals surface area contributed by atoms with E-state index < -0.39 is 29.3 Å². The molecule has 1 aliphatic heterocycles. The number of amides is 1. The molecule has 1 amide bonds. The van der Waals surface area contributed by atoms with E-state index in [0.717, 1.165) is 30.9 Å². The van der Waals surface area contributed by atoms with Crippen LogP contribution in [-0.2, 0) is 4.79 Å². The lowest BCUT2D eigenvalue weighted by molar-refractivity contribution is -0.120. The summed E-state index contributed by atoms with van der Waals surface area (Å²) in [4.78, 5) is 16.5. The molecule has 2 aromatic rings. The summed E-state index contributed by atoms with van der Waals surface area (Å²) < 4.78 is 27.4. The Morgan fingerprint density at radius 2 is 1.62 bits per heavy atom. The number of phenols is 1. The minimum atomic E-state index is -0.789. The normalized spacial score (nSPS) is 16.3. The second-order valence-corrected chi connectivity index (χ2v) is 6.30. The van der Waals surface area contributed by atoms with Crippen molar-refractivity contribution in [2.75, 3.05) is 36.4 Å². The lowest BCUT2D eigenvalue weighted by atomic mass is 10.2. The highest BCUT2D eigenvalue weighted by molar-refractivity contribution is 5.94. The van der Waals surface area contributed by atoms with Gasteiger partial charge in [-0.05, 0) is 43.3 Å². The van der Waals surface area contributed by atoms with Crippen LogP contribution in [0.2, 0.25) is 0 Å². The van der Waals surface area contributed by atoms with Crippen LogP contribution in [0.1, 0.15) is 6.92 Å². The third-order valence-corrected chi connectivity index (χ3v) is 4.67. The van der Waals surface area contributed by atoms with Gasteiger partial charge in [-0.25, -0.2) is 8.78 Å². The molecule has 0 aliphatic carbocycles. The van der Waals surface area contributed by atoms with Crippen molar-refractivity contribution in [3.05, 3.63) is 54.1 Å². The Labute approximate surface area is 150 Å². The predicted molar refractivity (Wildman–Crippen MR) is 96.3 cm³/mol. The summed E-state index contributed by atoms with van der Waals surface area (Å²) in [6, 6.07) is 9.95. The van der Waals surface area contributed by atoms with Crippen LogP contribution in [0.25, 0.3) is 0 Å². The summed E-state index contributed by atoms with van der Waals surface area (Å²) in [7, 11) is 0. The van der Waals surface area contributed by atoms with E-state index in [1.165, 1.54) is 6.07 Å². The fourth-order valence-corrected chi connectivity index (χ4v) is 3.04. The van der Waals surface area contributed by atoms with Gasteiger partial charge in [-0.3, -0.25) is 9.69 Å². The number of aromatic hydroxyl groups is 1. The van der Waals surface area contributed by atoms with Gasteiger partial charge in [0.15, 0.2) is 0 Å². The van der Waals surface area contributed by atoms with Gasteiger partial charge in [0.2, 0.25) is 5.91 Å². The quantitative estimate of drug-likeness (QED) is 0.879. The van der Waals surface area contributed by atoms with E-state index in [1.807, 2.05) is 17.0 Å². The van der Waals surface area contributed by atoms with Crippen LogP contribution in [0, 0.1) is 11.6 Å². The van der Waals surface area contributed by atoms with Gasteiger partial charge in [0, 0.05) is 31.9 Å². The summed E-state index contributed by atoms with van der Waals surface area (Å²) in [5, 5.41) is 11.7. The summed E-state index contributed by atoms with van der Waals surface area (Å²) in [5.74, 6) is -1.80. The summed E-state index contributed by atoms with van der Waals surface area (Å²) >= 11 is 0. The fourth-order valence-electron chi connectivity index (χ4n) is 3.04. The molecule has 0 saturated carbocycles. The number of carbonyl (C=O) groups excluding carboxylic acids is 1. The van der Waals surface area contributed by atoms with E-state index in [0.29, 0.717) is 13.1 Å². The molecule has 0 bridgehead atoms. The van der Waals surface area contributed by atoms with Crippen LogP contribution in [-0.4, -0.2) is 48.1 Å². The Balaban J connectivity index is 1.58. The highest BCUT2D eigenvalue weighted by Crippen LogP contribution is 2.22. The molecule has 0 radical (unpaired) electrons. The number of para-hydroxylation sites is 1. The van der Waals surface area contributed by atoms with Crippen molar-refractivity contribution in [3.63, 3.8) is 0 Å². The second-order valence-electron chi connectivity index (χ2n) is 6.30. The number of hydrogen-bond acceptors (Lipinski definition) is 4. The third-order valence-electron chi connectivity index (χ3n) is 4.67. The van der Waals surface area contributed by atoms with E-state index in [9.17, 15) is 18.7 Å².